The van der Waals surface area contributed by atoms with E-state index in [0.29, 0.717) is 18.4 Å². The maximum Gasteiger partial charge on any atom is 0.145 e. The van der Waals surface area contributed by atoms with E-state index in [0.717, 1.165) is 31.0 Å². The number of rotatable bonds is 9. The molecule has 0 aromatic rings. The van der Waals surface area contributed by atoms with E-state index >= 15 is 0 Å². The Morgan fingerprint density at radius 1 is 0.889 bits per heavy atom. The smallest absolute Gasteiger partial charge is 0.145 e. The molecule has 0 saturated heterocycles. The van der Waals surface area contributed by atoms with Gasteiger partial charge in [-0.15, -0.1) is 0 Å². The van der Waals surface area contributed by atoms with Crippen molar-refractivity contribution in [3.63, 3.8) is 0 Å². The zero-order chi connectivity index (χ0) is 13.8. The standard InChI is InChI=1S/C15H22O3/c1-13(2)5-3-6-14(11-17)7-4-8-15(12-18)9-10-16/h5,7,9,11-12,16H,3-4,6,8,10H2,1-2H3. The molecule has 0 aromatic heterocycles. The van der Waals surface area contributed by atoms with Gasteiger partial charge in [0.2, 0.25) is 0 Å². The van der Waals surface area contributed by atoms with Crippen LogP contribution in [0.1, 0.15) is 39.5 Å². The van der Waals surface area contributed by atoms with E-state index in [9.17, 15) is 9.59 Å². The molecule has 0 unspecified atom stereocenters. The van der Waals surface area contributed by atoms with Crippen LogP contribution in [0.15, 0.2) is 34.9 Å². The molecule has 1 N–H and O–H groups in total. The molecule has 0 fully saturated rings. The molecule has 0 aliphatic heterocycles. The maximum absolute atomic E-state index is 10.8. The van der Waals surface area contributed by atoms with E-state index in [1.807, 2.05) is 19.9 Å². The first-order valence-electron chi connectivity index (χ1n) is 6.16. The third-order valence-corrected chi connectivity index (χ3v) is 2.48. The lowest BCUT2D eigenvalue weighted by Crippen LogP contribution is -1.89. The van der Waals surface area contributed by atoms with Crippen LogP contribution in [0, 0.1) is 0 Å². The maximum atomic E-state index is 10.8. The molecule has 0 bridgehead atoms. The van der Waals surface area contributed by atoms with Gasteiger partial charge in [0.25, 0.3) is 0 Å². The van der Waals surface area contributed by atoms with Crippen molar-refractivity contribution >= 4 is 12.6 Å². The van der Waals surface area contributed by atoms with Crippen molar-refractivity contribution in [2.45, 2.75) is 39.5 Å². The highest BCUT2D eigenvalue weighted by atomic mass is 16.2. The number of hydrogen-bond donors (Lipinski definition) is 1. The van der Waals surface area contributed by atoms with Gasteiger partial charge in [0, 0.05) is 0 Å². The molecule has 0 heterocycles. The van der Waals surface area contributed by atoms with Gasteiger partial charge in [0.15, 0.2) is 0 Å². The zero-order valence-electron chi connectivity index (χ0n) is 11.2. The minimum atomic E-state index is -0.126. The number of carbonyl (C=O) groups is 2. The highest BCUT2D eigenvalue weighted by molar-refractivity contribution is 5.74. The molecule has 0 saturated carbocycles. The van der Waals surface area contributed by atoms with Crippen LogP contribution < -0.4 is 0 Å². The molecule has 18 heavy (non-hydrogen) atoms. The van der Waals surface area contributed by atoms with Crippen molar-refractivity contribution in [2.24, 2.45) is 0 Å². The lowest BCUT2D eigenvalue weighted by molar-refractivity contribution is -0.105. The molecule has 0 amide bonds. The molecule has 0 aliphatic rings. The van der Waals surface area contributed by atoms with Gasteiger partial charge in [0.05, 0.1) is 6.61 Å². The molecule has 3 heteroatoms. The highest BCUT2D eigenvalue weighted by Crippen LogP contribution is 2.09. The van der Waals surface area contributed by atoms with Crippen molar-refractivity contribution < 1.29 is 14.7 Å². The van der Waals surface area contributed by atoms with Crippen molar-refractivity contribution in [1.29, 1.82) is 0 Å². The normalized spacial score (nSPS) is 12.2. The van der Waals surface area contributed by atoms with Crippen LogP contribution in [0.3, 0.4) is 0 Å². The number of aldehydes is 2. The van der Waals surface area contributed by atoms with Crippen molar-refractivity contribution in [2.75, 3.05) is 6.61 Å². The Morgan fingerprint density at radius 3 is 1.83 bits per heavy atom. The van der Waals surface area contributed by atoms with Gasteiger partial charge in [-0.05, 0) is 50.7 Å². The summed E-state index contributed by atoms with van der Waals surface area (Å²) < 4.78 is 0. The highest BCUT2D eigenvalue weighted by Gasteiger charge is 1.97. The predicted octanol–water partition coefficient (Wildman–Crippen LogP) is 2.76. The quantitative estimate of drug-likeness (QED) is 0.389. The predicted molar refractivity (Wildman–Crippen MR) is 73.3 cm³/mol. The van der Waals surface area contributed by atoms with Crippen LogP contribution in [-0.4, -0.2) is 24.3 Å². The molecular formula is C15H22O3. The minimum Gasteiger partial charge on any atom is -0.392 e. The number of aliphatic hydroxyl groups is 1. The summed E-state index contributed by atoms with van der Waals surface area (Å²) in [6, 6.07) is 0. The third-order valence-electron chi connectivity index (χ3n) is 2.48. The van der Waals surface area contributed by atoms with Gasteiger partial charge in [-0.3, -0.25) is 9.59 Å². The number of carbonyl (C=O) groups excluding carboxylic acids is 2. The number of aliphatic hydroxyl groups excluding tert-OH is 1. The monoisotopic (exact) mass is 250 g/mol. The fourth-order valence-electron chi connectivity index (χ4n) is 1.49. The largest absolute Gasteiger partial charge is 0.392 e. The summed E-state index contributed by atoms with van der Waals surface area (Å²) in [7, 11) is 0. The second-order valence-electron chi connectivity index (χ2n) is 4.34. The first-order valence-corrected chi connectivity index (χ1v) is 6.16. The summed E-state index contributed by atoms with van der Waals surface area (Å²) in [5.41, 5.74) is 2.58. The lowest BCUT2D eigenvalue weighted by atomic mass is 10.1. The van der Waals surface area contributed by atoms with Gasteiger partial charge in [0.1, 0.15) is 12.6 Å². The van der Waals surface area contributed by atoms with Crippen molar-refractivity contribution in [3.05, 3.63) is 34.9 Å². The molecular weight excluding hydrogens is 228 g/mol. The summed E-state index contributed by atoms with van der Waals surface area (Å²) in [6.07, 6.45) is 9.86. The molecule has 0 rings (SSSR count). The molecule has 100 valence electrons. The van der Waals surface area contributed by atoms with Gasteiger partial charge in [-0.2, -0.15) is 0 Å². The summed E-state index contributed by atoms with van der Waals surface area (Å²) >= 11 is 0. The Kier molecular flexibility index (Phi) is 9.78. The summed E-state index contributed by atoms with van der Waals surface area (Å²) in [5, 5.41) is 8.68. The van der Waals surface area contributed by atoms with Gasteiger partial charge in [-0.25, -0.2) is 0 Å². The van der Waals surface area contributed by atoms with E-state index in [2.05, 4.69) is 6.08 Å². The minimum absolute atomic E-state index is 0.126. The number of allylic oxidation sites excluding steroid dienone is 5. The summed E-state index contributed by atoms with van der Waals surface area (Å²) in [4.78, 5) is 21.4. The van der Waals surface area contributed by atoms with Crippen LogP contribution in [0.25, 0.3) is 0 Å². The second-order valence-corrected chi connectivity index (χ2v) is 4.34. The summed E-state index contributed by atoms with van der Waals surface area (Å²) in [5.74, 6) is 0. The second kappa shape index (κ2) is 10.7. The van der Waals surface area contributed by atoms with Crippen molar-refractivity contribution in [3.8, 4) is 0 Å². The van der Waals surface area contributed by atoms with E-state index in [4.69, 9.17) is 5.11 Å². The van der Waals surface area contributed by atoms with E-state index in [1.165, 1.54) is 11.6 Å². The SMILES string of the molecule is CC(C)=CCCC(C=O)=CCCC(C=O)=CCO. The third kappa shape index (κ3) is 8.65. The molecule has 0 aliphatic carbocycles. The molecule has 0 atom stereocenters. The average Bonchev–Trinajstić information content (AvgIpc) is 2.35. The van der Waals surface area contributed by atoms with Crippen LogP contribution >= 0.6 is 0 Å². The molecule has 0 radical (unpaired) electrons. The van der Waals surface area contributed by atoms with Crippen molar-refractivity contribution in [1.82, 2.24) is 0 Å². The van der Waals surface area contributed by atoms with E-state index in [1.54, 1.807) is 0 Å². The fourth-order valence-corrected chi connectivity index (χ4v) is 1.49. The number of hydrogen-bond acceptors (Lipinski definition) is 3. The van der Waals surface area contributed by atoms with Gasteiger partial charge < -0.3 is 5.11 Å². The van der Waals surface area contributed by atoms with Crippen LogP contribution in [0.5, 0.6) is 0 Å². The van der Waals surface area contributed by atoms with Crippen LogP contribution in [0.2, 0.25) is 0 Å². The lowest BCUT2D eigenvalue weighted by Gasteiger charge is -1.99. The molecule has 0 aromatic carbocycles. The molecule has 0 spiro atoms. The first-order chi connectivity index (χ1) is 8.63. The van der Waals surface area contributed by atoms with Crippen LogP contribution in [-0.2, 0) is 9.59 Å². The average molecular weight is 250 g/mol. The van der Waals surface area contributed by atoms with Gasteiger partial charge in [-0.1, -0.05) is 23.8 Å². The first kappa shape index (κ1) is 16.5. The Morgan fingerprint density at radius 2 is 1.39 bits per heavy atom. The topological polar surface area (TPSA) is 54.4 Å². The Hall–Kier alpha value is -1.48. The summed E-state index contributed by atoms with van der Waals surface area (Å²) in [6.45, 7) is 3.93. The van der Waals surface area contributed by atoms with Crippen LogP contribution in [0.4, 0.5) is 0 Å². The van der Waals surface area contributed by atoms with E-state index in [-0.39, 0.29) is 6.61 Å². The van der Waals surface area contributed by atoms with E-state index < -0.39 is 0 Å². The Labute approximate surface area is 109 Å². The molecule has 3 nitrogen and oxygen atoms in total. The fraction of sp³-hybridized carbons (Fsp3) is 0.467. The van der Waals surface area contributed by atoms with Gasteiger partial charge >= 0.3 is 0 Å². The zero-order valence-corrected chi connectivity index (χ0v) is 11.2. The Balaban J connectivity index is 4.20. The Bertz CT molecular complexity index is 345.